The van der Waals surface area contributed by atoms with E-state index in [-0.39, 0.29) is 0 Å². The largest absolute Gasteiger partial charge is 0.348 e. The summed E-state index contributed by atoms with van der Waals surface area (Å²) >= 11 is 0. The summed E-state index contributed by atoms with van der Waals surface area (Å²) in [5.41, 5.74) is 7.87. The Hall–Kier alpha value is -1.16. The maximum Gasteiger partial charge on any atom is 0.150 e. The molecule has 94 valence electrons. The van der Waals surface area contributed by atoms with Crippen molar-refractivity contribution in [1.82, 2.24) is 9.97 Å². The molecule has 1 fully saturated rings. The molecule has 17 heavy (non-hydrogen) atoms. The fourth-order valence-corrected chi connectivity index (χ4v) is 2.67. The zero-order valence-corrected chi connectivity index (χ0v) is 11.0. The molecule has 1 saturated heterocycles. The van der Waals surface area contributed by atoms with Gasteiger partial charge in [-0.05, 0) is 40.0 Å². The van der Waals surface area contributed by atoms with Crippen LogP contribution in [0.2, 0.25) is 0 Å². The molecule has 2 rings (SSSR count). The first kappa shape index (κ1) is 12.3. The van der Waals surface area contributed by atoms with Crippen LogP contribution in [-0.2, 0) is 0 Å². The molecule has 1 aliphatic heterocycles. The van der Waals surface area contributed by atoms with Crippen LogP contribution in [0, 0.1) is 13.8 Å². The monoisotopic (exact) mass is 234 g/mol. The normalized spacial score (nSPS) is 25.1. The molecule has 0 saturated carbocycles. The molecule has 2 unspecified atom stereocenters. The van der Waals surface area contributed by atoms with Crippen molar-refractivity contribution in [3.05, 3.63) is 17.6 Å². The number of nitrogens with two attached hydrogens (primary N) is 1. The molecule has 4 nitrogen and oxygen atoms in total. The molecule has 4 heteroatoms. The van der Waals surface area contributed by atoms with Crippen LogP contribution in [0.25, 0.3) is 0 Å². The molecular formula is C13H22N4. The van der Waals surface area contributed by atoms with E-state index in [2.05, 4.69) is 21.8 Å². The van der Waals surface area contributed by atoms with Gasteiger partial charge in [-0.3, -0.25) is 4.98 Å². The first-order valence-electron chi connectivity index (χ1n) is 6.42. The number of piperidine rings is 1. The van der Waals surface area contributed by atoms with E-state index in [9.17, 15) is 0 Å². The Bertz CT molecular complexity index is 391. The number of anilines is 1. The molecule has 0 amide bonds. The topological polar surface area (TPSA) is 55.0 Å². The van der Waals surface area contributed by atoms with E-state index in [1.165, 1.54) is 12.8 Å². The molecule has 2 atom stereocenters. The third-order valence-electron chi connectivity index (χ3n) is 3.60. The molecular weight excluding hydrogens is 212 g/mol. The quantitative estimate of drug-likeness (QED) is 0.847. The molecule has 1 aromatic rings. The number of aryl methyl sites for hydroxylation is 2. The summed E-state index contributed by atoms with van der Waals surface area (Å²) < 4.78 is 0. The van der Waals surface area contributed by atoms with E-state index in [4.69, 9.17) is 5.73 Å². The van der Waals surface area contributed by atoms with E-state index >= 15 is 0 Å². The standard InChI is InChI=1S/C13H22N4/c1-9-8-15-11(3)13(16-9)17-10(2)5-4-6-12(17)7-14/h8,10,12H,4-7,14H2,1-3H3. The van der Waals surface area contributed by atoms with Gasteiger partial charge in [0.2, 0.25) is 0 Å². The van der Waals surface area contributed by atoms with Gasteiger partial charge in [-0.25, -0.2) is 4.98 Å². The maximum absolute atomic E-state index is 5.89. The molecule has 1 aliphatic rings. The van der Waals surface area contributed by atoms with E-state index in [1.54, 1.807) is 0 Å². The van der Waals surface area contributed by atoms with Gasteiger partial charge < -0.3 is 10.6 Å². The minimum Gasteiger partial charge on any atom is -0.348 e. The fraction of sp³-hybridized carbons (Fsp3) is 0.692. The van der Waals surface area contributed by atoms with Crippen LogP contribution in [0.15, 0.2) is 6.20 Å². The van der Waals surface area contributed by atoms with Crippen molar-refractivity contribution in [3.63, 3.8) is 0 Å². The molecule has 2 heterocycles. The Kier molecular flexibility index (Phi) is 3.62. The lowest BCUT2D eigenvalue weighted by molar-refractivity contribution is 0.396. The van der Waals surface area contributed by atoms with E-state index in [0.29, 0.717) is 18.6 Å². The van der Waals surface area contributed by atoms with Crippen molar-refractivity contribution < 1.29 is 0 Å². The van der Waals surface area contributed by atoms with E-state index < -0.39 is 0 Å². The fourth-order valence-electron chi connectivity index (χ4n) is 2.67. The zero-order valence-electron chi connectivity index (χ0n) is 11.0. The summed E-state index contributed by atoms with van der Waals surface area (Å²) in [5.74, 6) is 1.02. The first-order chi connectivity index (χ1) is 8.13. The predicted molar refractivity (Wildman–Crippen MR) is 70.1 cm³/mol. The SMILES string of the molecule is Cc1cnc(C)c(N2C(C)CCCC2CN)n1. The zero-order chi connectivity index (χ0) is 12.4. The lowest BCUT2D eigenvalue weighted by Gasteiger charge is -2.41. The summed E-state index contributed by atoms with van der Waals surface area (Å²) in [4.78, 5) is 11.4. The lowest BCUT2D eigenvalue weighted by Crippen LogP contribution is -2.49. The van der Waals surface area contributed by atoms with Gasteiger partial charge >= 0.3 is 0 Å². The Labute approximate surface area is 103 Å². The van der Waals surface area contributed by atoms with Crippen LogP contribution >= 0.6 is 0 Å². The van der Waals surface area contributed by atoms with Crippen molar-refractivity contribution >= 4 is 5.82 Å². The van der Waals surface area contributed by atoms with Gasteiger partial charge in [0.05, 0.1) is 11.4 Å². The lowest BCUT2D eigenvalue weighted by atomic mass is 9.96. The average Bonchev–Trinajstić information content (AvgIpc) is 2.32. The van der Waals surface area contributed by atoms with E-state index in [1.807, 2.05) is 20.0 Å². The molecule has 0 aliphatic carbocycles. The first-order valence-corrected chi connectivity index (χ1v) is 6.42. The van der Waals surface area contributed by atoms with Crippen molar-refractivity contribution in [2.45, 2.75) is 52.1 Å². The summed E-state index contributed by atoms with van der Waals surface area (Å²) in [5, 5.41) is 0. The predicted octanol–water partition coefficient (Wildman–Crippen LogP) is 1.80. The second kappa shape index (κ2) is 5.00. The number of rotatable bonds is 2. The van der Waals surface area contributed by atoms with E-state index in [0.717, 1.165) is 23.6 Å². The molecule has 0 radical (unpaired) electrons. The molecule has 0 bridgehead atoms. The number of aromatic nitrogens is 2. The van der Waals surface area contributed by atoms with Crippen LogP contribution in [-0.4, -0.2) is 28.6 Å². The van der Waals surface area contributed by atoms with Gasteiger partial charge in [0.25, 0.3) is 0 Å². The van der Waals surface area contributed by atoms with Gasteiger partial charge in [0.15, 0.2) is 5.82 Å². The Morgan fingerprint density at radius 3 is 2.88 bits per heavy atom. The highest BCUT2D eigenvalue weighted by Gasteiger charge is 2.29. The van der Waals surface area contributed by atoms with Crippen molar-refractivity contribution in [1.29, 1.82) is 0 Å². The minimum absolute atomic E-state index is 0.411. The smallest absolute Gasteiger partial charge is 0.150 e. The van der Waals surface area contributed by atoms with Crippen molar-refractivity contribution in [2.75, 3.05) is 11.4 Å². The average molecular weight is 234 g/mol. The summed E-state index contributed by atoms with van der Waals surface area (Å²) in [6.45, 7) is 6.96. The molecule has 0 aromatic carbocycles. The molecule has 2 N–H and O–H groups in total. The highest BCUT2D eigenvalue weighted by molar-refractivity contribution is 5.46. The van der Waals surface area contributed by atoms with Gasteiger partial charge in [-0.2, -0.15) is 0 Å². The third-order valence-corrected chi connectivity index (χ3v) is 3.60. The second-order valence-electron chi connectivity index (χ2n) is 5.00. The molecule has 0 spiro atoms. The number of nitrogens with zero attached hydrogens (tertiary/aromatic N) is 3. The van der Waals surface area contributed by atoms with Gasteiger partial charge in [-0.1, -0.05) is 0 Å². The van der Waals surface area contributed by atoms with Crippen LogP contribution in [0.1, 0.15) is 37.6 Å². The van der Waals surface area contributed by atoms with Gasteiger partial charge in [0, 0.05) is 24.8 Å². The Balaban J connectivity index is 2.37. The minimum atomic E-state index is 0.411. The maximum atomic E-state index is 5.89. The summed E-state index contributed by atoms with van der Waals surface area (Å²) in [7, 11) is 0. The summed E-state index contributed by atoms with van der Waals surface area (Å²) in [6, 6.07) is 0.917. The van der Waals surface area contributed by atoms with Crippen LogP contribution in [0.5, 0.6) is 0 Å². The highest BCUT2D eigenvalue weighted by atomic mass is 15.3. The van der Waals surface area contributed by atoms with Crippen molar-refractivity contribution in [2.24, 2.45) is 5.73 Å². The van der Waals surface area contributed by atoms with Crippen LogP contribution in [0.3, 0.4) is 0 Å². The van der Waals surface area contributed by atoms with Crippen LogP contribution in [0.4, 0.5) is 5.82 Å². The van der Waals surface area contributed by atoms with Crippen molar-refractivity contribution in [3.8, 4) is 0 Å². The Morgan fingerprint density at radius 2 is 2.18 bits per heavy atom. The van der Waals surface area contributed by atoms with Gasteiger partial charge in [-0.15, -0.1) is 0 Å². The third kappa shape index (κ3) is 2.41. The molecule has 1 aromatic heterocycles. The highest BCUT2D eigenvalue weighted by Crippen LogP contribution is 2.28. The van der Waals surface area contributed by atoms with Gasteiger partial charge in [0.1, 0.15) is 0 Å². The number of hydrogen-bond acceptors (Lipinski definition) is 4. The Morgan fingerprint density at radius 1 is 1.41 bits per heavy atom. The summed E-state index contributed by atoms with van der Waals surface area (Å²) in [6.07, 6.45) is 5.46. The second-order valence-corrected chi connectivity index (χ2v) is 5.00. The number of hydrogen-bond donors (Lipinski definition) is 1. The van der Waals surface area contributed by atoms with Crippen LogP contribution < -0.4 is 10.6 Å².